The number of carbonyl (C=O) groups excluding carboxylic acids is 1. The number of carbonyl (C=O) groups is 1. The lowest BCUT2D eigenvalue weighted by Crippen LogP contribution is -2.45. The van der Waals surface area contributed by atoms with Gasteiger partial charge >= 0.3 is 6.03 Å². The second kappa shape index (κ2) is 7.33. The lowest BCUT2D eigenvalue weighted by Gasteiger charge is -2.35. The van der Waals surface area contributed by atoms with Crippen molar-refractivity contribution < 1.29 is 13.9 Å². The van der Waals surface area contributed by atoms with Crippen LogP contribution in [0, 0.1) is 5.82 Å². The van der Waals surface area contributed by atoms with Crippen LogP contribution >= 0.6 is 23.4 Å². The molecule has 21 heavy (non-hydrogen) atoms. The van der Waals surface area contributed by atoms with Crippen LogP contribution < -0.4 is 10.6 Å². The van der Waals surface area contributed by atoms with Crippen molar-refractivity contribution in [3.8, 4) is 0 Å². The van der Waals surface area contributed by atoms with E-state index in [4.69, 9.17) is 16.3 Å². The molecule has 1 aromatic rings. The van der Waals surface area contributed by atoms with E-state index in [2.05, 4.69) is 10.6 Å². The number of thioether (sulfide) groups is 1. The lowest BCUT2D eigenvalue weighted by atomic mass is 9.99. The Balaban J connectivity index is 1.87. The number of amides is 2. The molecule has 0 atom stereocenters. The van der Waals surface area contributed by atoms with Gasteiger partial charge in [0, 0.05) is 30.2 Å². The molecule has 7 heteroatoms. The Morgan fingerprint density at radius 3 is 2.81 bits per heavy atom. The van der Waals surface area contributed by atoms with Crippen LogP contribution in [-0.2, 0) is 4.74 Å². The minimum absolute atomic E-state index is 0.0159. The topological polar surface area (TPSA) is 50.4 Å². The van der Waals surface area contributed by atoms with Crippen molar-refractivity contribution in [3.63, 3.8) is 0 Å². The molecule has 0 aromatic heterocycles. The number of rotatable bonds is 4. The van der Waals surface area contributed by atoms with E-state index in [1.165, 1.54) is 18.2 Å². The number of anilines is 1. The van der Waals surface area contributed by atoms with E-state index in [-0.39, 0.29) is 15.8 Å². The minimum atomic E-state index is -0.508. The SMILES string of the molecule is CSC1(CNC(=O)Nc2ccc(F)c(Cl)c2)CCOCC1. The largest absolute Gasteiger partial charge is 0.381 e. The molecule has 0 saturated carbocycles. The summed E-state index contributed by atoms with van der Waals surface area (Å²) in [7, 11) is 0. The quantitative estimate of drug-likeness (QED) is 0.887. The monoisotopic (exact) mass is 332 g/mol. The lowest BCUT2D eigenvalue weighted by molar-refractivity contribution is 0.0778. The van der Waals surface area contributed by atoms with Gasteiger partial charge in [-0.1, -0.05) is 11.6 Å². The van der Waals surface area contributed by atoms with Crippen LogP contribution in [0.25, 0.3) is 0 Å². The summed E-state index contributed by atoms with van der Waals surface area (Å²) in [5.74, 6) is -0.508. The van der Waals surface area contributed by atoms with Crippen molar-refractivity contribution in [2.45, 2.75) is 17.6 Å². The molecule has 1 aliphatic heterocycles. The number of ether oxygens (including phenoxy) is 1. The third-order valence-corrected chi connectivity index (χ3v) is 5.29. The summed E-state index contributed by atoms with van der Waals surface area (Å²) in [6.45, 7) is 2.01. The van der Waals surface area contributed by atoms with Crippen LogP contribution in [0.2, 0.25) is 5.02 Å². The van der Waals surface area contributed by atoms with E-state index >= 15 is 0 Å². The van der Waals surface area contributed by atoms with Gasteiger partial charge in [-0.25, -0.2) is 9.18 Å². The zero-order valence-corrected chi connectivity index (χ0v) is 13.3. The number of halogens is 2. The van der Waals surface area contributed by atoms with Gasteiger partial charge < -0.3 is 15.4 Å². The molecule has 0 unspecified atom stereocenters. The van der Waals surface area contributed by atoms with Gasteiger partial charge in [-0.2, -0.15) is 11.8 Å². The molecule has 2 N–H and O–H groups in total. The molecule has 1 heterocycles. The first kappa shape index (κ1) is 16.4. The van der Waals surface area contributed by atoms with Crippen molar-refractivity contribution in [1.82, 2.24) is 5.32 Å². The average Bonchev–Trinajstić information content (AvgIpc) is 2.50. The highest BCUT2D eigenvalue weighted by Gasteiger charge is 2.32. The fraction of sp³-hybridized carbons (Fsp3) is 0.500. The molecular formula is C14H18ClFN2O2S. The van der Waals surface area contributed by atoms with Crippen LogP contribution in [-0.4, -0.2) is 36.8 Å². The molecule has 1 aliphatic rings. The predicted octanol–water partition coefficient (Wildman–Crippen LogP) is 3.51. The van der Waals surface area contributed by atoms with Crippen molar-refractivity contribution >= 4 is 35.1 Å². The first-order valence-corrected chi connectivity index (χ1v) is 8.28. The Morgan fingerprint density at radius 2 is 2.19 bits per heavy atom. The van der Waals surface area contributed by atoms with Gasteiger partial charge in [0.1, 0.15) is 5.82 Å². The maximum atomic E-state index is 13.0. The molecule has 116 valence electrons. The maximum Gasteiger partial charge on any atom is 0.319 e. The van der Waals surface area contributed by atoms with Crippen LogP contribution in [0.15, 0.2) is 18.2 Å². The minimum Gasteiger partial charge on any atom is -0.381 e. The summed E-state index contributed by atoms with van der Waals surface area (Å²) in [4.78, 5) is 11.9. The molecule has 0 radical (unpaired) electrons. The fourth-order valence-electron chi connectivity index (χ4n) is 2.19. The Hall–Kier alpha value is -0.980. The fourth-order valence-corrected chi connectivity index (χ4v) is 3.16. The highest BCUT2D eigenvalue weighted by molar-refractivity contribution is 8.00. The summed E-state index contributed by atoms with van der Waals surface area (Å²) in [6, 6.07) is 3.76. The Bertz CT molecular complexity index is 510. The third kappa shape index (κ3) is 4.49. The third-order valence-electron chi connectivity index (χ3n) is 3.59. The highest BCUT2D eigenvalue weighted by Crippen LogP contribution is 2.33. The molecule has 4 nitrogen and oxygen atoms in total. The average molecular weight is 333 g/mol. The molecular weight excluding hydrogens is 315 g/mol. The summed E-state index contributed by atoms with van der Waals surface area (Å²) >= 11 is 7.43. The molecule has 0 spiro atoms. The number of hydrogen-bond donors (Lipinski definition) is 2. The first-order chi connectivity index (χ1) is 10.0. The van der Waals surface area contributed by atoms with Crippen LogP contribution in [0.5, 0.6) is 0 Å². The van der Waals surface area contributed by atoms with Crippen molar-refractivity contribution in [2.75, 3.05) is 31.3 Å². The summed E-state index contributed by atoms with van der Waals surface area (Å²) in [6.07, 6.45) is 3.87. The molecule has 0 bridgehead atoms. The molecule has 2 amide bonds. The Kier molecular flexibility index (Phi) is 5.72. The summed E-state index contributed by atoms with van der Waals surface area (Å²) in [5.41, 5.74) is 0.462. The Morgan fingerprint density at radius 1 is 1.48 bits per heavy atom. The first-order valence-electron chi connectivity index (χ1n) is 6.67. The van der Waals surface area contributed by atoms with Gasteiger partial charge in [0.05, 0.1) is 5.02 Å². The van der Waals surface area contributed by atoms with Crippen molar-refractivity contribution in [3.05, 3.63) is 29.0 Å². The number of benzene rings is 1. The standard InChI is InChI=1S/C14H18ClFN2O2S/c1-21-14(4-6-20-7-5-14)9-17-13(19)18-10-2-3-12(16)11(15)8-10/h2-3,8H,4-7,9H2,1H3,(H2,17,18,19). The van der Waals surface area contributed by atoms with Gasteiger partial charge in [0.15, 0.2) is 0 Å². The van der Waals surface area contributed by atoms with Crippen LogP contribution in [0.4, 0.5) is 14.9 Å². The summed E-state index contributed by atoms with van der Waals surface area (Å²) in [5, 5.41) is 5.50. The molecule has 1 fully saturated rings. The van der Waals surface area contributed by atoms with E-state index in [9.17, 15) is 9.18 Å². The Labute approximate surface area is 132 Å². The van der Waals surface area contributed by atoms with Gasteiger partial charge in [0.2, 0.25) is 0 Å². The van der Waals surface area contributed by atoms with Gasteiger partial charge in [0.25, 0.3) is 0 Å². The second-order valence-electron chi connectivity index (χ2n) is 4.94. The zero-order chi connectivity index (χ0) is 15.3. The van der Waals surface area contributed by atoms with Crippen molar-refractivity contribution in [2.24, 2.45) is 0 Å². The van der Waals surface area contributed by atoms with Gasteiger partial charge in [-0.05, 0) is 37.3 Å². The molecule has 1 saturated heterocycles. The van der Waals surface area contributed by atoms with Gasteiger partial charge in [-0.15, -0.1) is 0 Å². The predicted molar refractivity (Wildman–Crippen MR) is 84.7 cm³/mol. The van der Waals surface area contributed by atoms with E-state index in [0.29, 0.717) is 12.2 Å². The highest BCUT2D eigenvalue weighted by atomic mass is 35.5. The molecule has 0 aliphatic carbocycles. The smallest absolute Gasteiger partial charge is 0.319 e. The van der Waals surface area contributed by atoms with Crippen LogP contribution in [0.3, 0.4) is 0 Å². The van der Waals surface area contributed by atoms with Crippen molar-refractivity contribution in [1.29, 1.82) is 0 Å². The molecule has 1 aromatic carbocycles. The second-order valence-corrected chi connectivity index (χ2v) is 6.62. The normalized spacial score (nSPS) is 17.3. The zero-order valence-electron chi connectivity index (χ0n) is 11.7. The van der Waals surface area contributed by atoms with E-state index in [1.54, 1.807) is 11.8 Å². The number of urea groups is 1. The van der Waals surface area contributed by atoms with Crippen LogP contribution in [0.1, 0.15) is 12.8 Å². The van der Waals surface area contributed by atoms with E-state index < -0.39 is 5.82 Å². The van der Waals surface area contributed by atoms with E-state index in [0.717, 1.165) is 26.1 Å². The molecule has 2 rings (SSSR count). The van der Waals surface area contributed by atoms with E-state index in [1.807, 2.05) is 6.26 Å². The maximum absolute atomic E-state index is 13.0. The number of hydrogen-bond acceptors (Lipinski definition) is 3. The summed E-state index contributed by atoms with van der Waals surface area (Å²) < 4.78 is 18.4. The number of nitrogens with one attached hydrogen (secondary N) is 2. The van der Waals surface area contributed by atoms with Gasteiger partial charge in [-0.3, -0.25) is 0 Å².